The molecule has 86 valence electrons. The number of ether oxygens (including phenoxy) is 1. The molecule has 1 heterocycles. The summed E-state index contributed by atoms with van der Waals surface area (Å²) in [5.41, 5.74) is -0.254. The van der Waals surface area contributed by atoms with Gasteiger partial charge in [-0.2, -0.15) is 0 Å². The third-order valence-corrected chi connectivity index (χ3v) is 4.52. The summed E-state index contributed by atoms with van der Waals surface area (Å²) in [6.45, 7) is 5.39. The Morgan fingerprint density at radius 3 is 2.80 bits per heavy atom. The number of alkyl halides is 1. The highest BCUT2D eigenvalue weighted by Crippen LogP contribution is 2.34. The molecular weight excluding hydrogens is 258 g/mol. The van der Waals surface area contributed by atoms with Gasteiger partial charge in [0.2, 0.25) is 0 Å². The van der Waals surface area contributed by atoms with Gasteiger partial charge in [0.25, 0.3) is 0 Å². The second-order valence-electron chi connectivity index (χ2n) is 4.60. The highest BCUT2D eigenvalue weighted by atomic mass is 79.9. The molecule has 0 N–H and O–H groups in total. The largest absolute Gasteiger partial charge is 0.379 e. The van der Waals surface area contributed by atoms with E-state index in [0.717, 1.165) is 45.6 Å². The molecule has 1 aliphatic carbocycles. The number of ketones is 1. The van der Waals surface area contributed by atoms with Crippen molar-refractivity contribution in [1.29, 1.82) is 0 Å². The Labute approximate surface area is 99.3 Å². The molecule has 4 heteroatoms. The van der Waals surface area contributed by atoms with Gasteiger partial charge in [-0.1, -0.05) is 15.9 Å². The summed E-state index contributed by atoms with van der Waals surface area (Å²) >= 11 is 3.49. The van der Waals surface area contributed by atoms with Crippen LogP contribution in [0.15, 0.2) is 0 Å². The van der Waals surface area contributed by atoms with Crippen LogP contribution in [0.3, 0.4) is 0 Å². The quantitative estimate of drug-likeness (QED) is 0.681. The first-order valence-corrected chi connectivity index (χ1v) is 6.57. The van der Waals surface area contributed by atoms with Crippen molar-refractivity contribution < 1.29 is 9.53 Å². The normalized spacial score (nSPS) is 39.3. The Hall–Kier alpha value is 0.0700. The number of nitrogens with zero attached hydrogens (tertiary/aromatic N) is 1. The number of morpholine rings is 1. The van der Waals surface area contributed by atoms with Crippen molar-refractivity contribution in [2.75, 3.05) is 26.3 Å². The summed E-state index contributed by atoms with van der Waals surface area (Å²) in [5.74, 6) is 0.357. The molecule has 15 heavy (non-hydrogen) atoms. The van der Waals surface area contributed by atoms with Gasteiger partial charge in [-0.25, -0.2) is 0 Å². The second-order valence-corrected chi connectivity index (χ2v) is 5.70. The average molecular weight is 276 g/mol. The van der Waals surface area contributed by atoms with Gasteiger partial charge in [0.1, 0.15) is 0 Å². The monoisotopic (exact) mass is 275 g/mol. The molecule has 2 rings (SSSR count). The fourth-order valence-electron chi connectivity index (χ4n) is 2.59. The van der Waals surface area contributed by atoms with E-state index in [9.17, 15) is 4.79 Å². The van der Waals surface area contributed by atoms with Crippen molar-refractivity contribution in [2.45, 2.75) is 36.6 Å². The summed E-state index contributed by atoms with van der Waals surface area (Å²) in [7, 11) is 0. The van der Waals surface area contributed by atoms with Gasteiger partial charge in [0.05, 0.1) is 23.6 Å². The predicted molar refractivity (Wildman–Crippen MR) is 62.4 cm³/mol. The first-order chi connectivity index (χ1) is 7.14. The van der Waals surface area contributed by atoms with Crippen LogP contribution >= 0.6 is 15.9 Å². The lowest BCUT2D eigenvalue weighted by atomic mass is 9.80. The van der Waals surface area contributed by atoms with Crippen LogP contribution in [0.1, 0.15) is 26.2 Å². The van der Waals surface area contributed by atoms with E-state index in [-0.39, 0.29) is 10.4 Å². The Bertz CT molecular complexity index is 253. The molecule has 2 atom stereocenters. The Balaban J connectivity index is 2.12. The van der Waals surface area contributed by atoms with Crippen molar-refractivity contribution in [1.82, 2.24) is 4.90 Å². The van der Waals surface area contributed by atoms with Gasteiger partial charge in [0.15, 0.2) is 5.78 Å². The van der Waals surface area contributed by atoms with E-state index in [2.05, 4.69) is 27.8 Å². The fourth-order valence-corrected chi connectivity index (χ4v) is 3.40. The van der Waals surface area contributed by atoms with Crippen molar-refractivity contribution in [3.05, 3.63) is 0 Å². The van der Waals surface area contributed by atoms with Crippen LogP contribution in [0, 0.1) is 0 Å². The van der Waals surface area contributed by atoms with E-state index in [1.54, 1.807) is 0 Å². The topological polar surface area (TPSA) is 29.5 Å². The Kier molecular flexibility index (Phi) is 3.48. The molecule has 2 aliphatic rings. The van der Waals surface area contributed by atoms with Gasteiger partial charge >= 0.3 is 0 Å². The minimum Gasteiger partial charge on any atom is -0.379 e. The summed E-state index contributed by atoms with van der Waals surface area (Å²) in [5, 5.41) is 0. The fraction of sp³-hybridized carbons (Fsp3) is 0.909. The molecule has 0 bridgehead atoms. The SMILES string of the molecule is CC1(N2CCOCC2)CCCC(Br)C1=O. The van der Waals surface area contributed by atoms with E-state index in [1.165, 1.54) is 0 Å². The van der Waals surface area contributed by atoms with Crippen LogP contribution in [-0.2, 0) is 9.53 Å². The Morgan fingerprint density at radius 2 is 2.13 bits per heavy atom. The number of carbonyl (C=O) groups is 1. The molecule has 2 fully saturated rings. The van der Waals surface area contributed by atoms with Crippen LogP contribution in [0.4, 0.5) is 0 Å². The van der Waals surface area contributed by atoms with E-state index >= 15 is 0 Å². The van der Waals surface area contributed by atoms with Gasteiger partial charge in [-0.15, -0.1) is 0 Å². The maximum Gasteiger partial charge on any atom is 0.166 e. The smallest absolute Gasteiger partial charge is 0.166 e. The molecule has 0 aromatic carbocycles. The highest BCUT2D eigenvalue weighted by molar-refractivity contribution is 9.10. The molecule has 3 nitrogen and oxygen atoms in total. The molecule has 0 aromatic rings. The molecule has 2 unspecified atom stereocenters. The summed E-state index contributed by atoms with van der Waals surface area (Å²) in [4.78, 5) is 14.6. The van der Waals surface area contributed by atoms with Crippen LogP contribution in [0.2, 0.25) is 0 Å². The lowest BCUT2D eigenvalue weighted by Crippen LogP contribution is -2.59. The van der Waals surface area contributed by atoms with Gasteiger partial charge in [-0.05, 0) is 26.2 Å². The number of hydrogen-bond acceptors (Lipinski definition) is 3. The third-order valence-electron chi connectivity index (χ3n) is 3.65. The van der Waals surface area contributed by atoms with Crippen LogP contribution in [-0.4, -0.2) is 47.4 Å². The molecule has 0 radical (unpaired) electrons. The predicted octanol–water partition coefficient (Wildman–Crippen LogP) is 1.59. The Morgan fingerprint density at radius 1 is 1.47 bits per heavy atom. The van der Waals surface area contributed by atoms with Gasteiger partial charge in [-0.3, -0.25) is 9.69 Å². The van der Waals surface area contributed by atoms with Crippen LogP contribution in [0.5, 0.6) is 0 Å². The second kappa shape index (κ2) is 4.52. The van der Waals surface area contributed by atoms with Crippen LogP contribution < -0.4 is 0 Å². The molecule has 0 spiro atoms. The van der Waals surface area contributed by atoms with Crippen molar-refractivity contribution in [3.8, 4) is 0 Å². The van der Waals surface area contributed by atoms with E-state index < -0.39 is 0 Å². The third kappa shape index (κ3) is 2.12. The number of carbonyl (C=O) groups excluding carboxylic acids is 1. The highest BCUT2D eigenvalue weighted by Gasteiger charge is 2.44. The minimum atomic E-state index is -0.254. The van der Waals surface area contributed by atoms with Crippen molar-refractivity contribution in [3.63, 3.8) is 0 Å². The first kappa shape index (κ1) is 11.6. The van der Waals surface area contributed by atoms with Crippen LogP contribution in [0.25, 0.3) is 0 Å². The maximum absolute atomic E-state index is 12.2. The molecule has 0 amide bonds. The van der Waals surface area contributed by atoms with E-state index in [4.69, 9.17) is 4.74 Å². The number of Topliss-reactive ketones (excluding diaryl/α,β-unsaturated/α-hetero) is 1. The zero-order valence-corrected chi connectivity index (χ0v) is 10.8. The van der Waals surface area contributed by atoms with Gasteiger partial charge in [0, 0.05) is 13.1 Å². The number of hydrogen-bond donors (Lipinski definition) is 0. The zero-order chi connectivity index (χ0) is 10.9. The number of rotatable bonds is 1. The summed E-state index contributed by atoms with van der Waals surface area (Å²) in [6, 6.07) is 0. The average Bonchev–Trinajstić information content (AvgIpc) is 2.27. The summed E-state index contributed by atoms with van der Waals surface area (Å²) < 4.78 is 5.33. The lowest BCUT2D eigenvalue weighted by molar-refractivity contribution is -0.135. The molecule has 0 aromatic heterocycles. The van der Waals surface area contributed by atoms with E-state index in [1.807, 2.05) is 0 Å². The molecule has 1 saturated heterocycles. The summed E-state index contributed by atoms with van der Waals surface area (Å²) in [6.07, 6.45) is 3.11. The standard InChI is InChI=1S/C11H18BrNO2/c1-11(13-5-7-15-8-6-13)4-2-3-9(12)10(11)14/h9H,2-8H2,1H3. The zero-order valence-electron chi connectivity index (χ0n) is 9.17. The maximum atomic E-state index is 12.2. The van der Waals surface area contributed by atoms with Crippen molar-refractivity contribution in [2.24, 2.45) is 0 Å². The lowest BCUT2D eigenvalue weighted by Gasteiger charge is -2.45. The molecular formula is C11H18BrNO2. The minimum absolute atomic E-state index is 0.0547. The van der Waals surface area contributed by atoms with Gasteiger partial charge < -0.3 is 4.74 Å². The number of halogens is 1. The van der Waals surface area contributed by atoms with Crippen molar-refractivity contribution >= 4 is 21.7 Å². The van der Waals surface area contributed by atoms with E-state index in [0.29, 0.717) is 5.78 Å². The molecule has 1 aliphatic heterocycles. The molecule has 1 saturated carbocycles. The first-order valence-electron chi connectivity index (χ1n) is 5.66.